The number of likely N-dealkylation sites (tertiary alicyclic amines) is 1. The summed E-state index contributed by atoms with van der Waals surface area (Å²) in [6.07, 6.45) is 2.38. The van der Waals surface area contributed by atoms with Gasteiger partial charge >= 0.3 is 0 Å². The molecule has 6 rings (SSSR count). The highest BCUT2D eigenvalue weighted by molar-refractivity contribution is 6.46. The molecule has 0 radical (unpaired) electrons. The van der Waals surface area contributed by atoms with Gasteiger partial charge in [-0.2, -0.15) is 0 Å². The molecule has 3 aliphatic rings. The first-order valence-corrected chi connectivity index (χ1v) is 13.4. The third-order valence-electron chi connectivity index (χ3n) is 7.58. The van der Waals surface area contributed by atoms with Gasteiger partial charge in [0.1, 0.15) is 30.0 Å². The maximum Gasteiger partial charge on any atom is 0.295 e. The fourth-order valence-corrected chi connectivity index (χ4v) is 5.63. The third-order valence-corrected chi connectivity index (χ3v) is 7.58. The second-order valence-electron chi connectivity index (χ2n) is 10.4. The van der Waals surface area contributed by atoms with Crippen LogP contribution in [0.15, 0.2) is 78.4 Å². The highest BCUT2D eigenvalue weighted by atomic mass is 16.5. The number of amides is 1. The molecule has 3 unspecified atom stereocenters. The van der Waals surface area contributed by atoms with Crippen LogP contribution in [-0.2, 0) is 27.4 Å². The van der Waals surface area contributed by atoms with Gasteiger partial charge in [0.25, 0.3) is 11.7 Å². The van der Waals surface area contributed by atoms with Gasteiger partial charge in [0, 0.05) is 25.1 Å². The van der Waals surface area contributed by atoms with E-state index in [9.17, 15) is 14.7 Å². The molecule has 0 aliphatic carbocycles. The molecule has 39 heavy (non-hydrogen) atoms. The summed E-state index contributed by atoms with van der Waals surface area (Å²) >= 11 is 0. The zero-order valence-corrected chi connectivity index (χ0v) is 21.8. The summed E-state index contributed by atoms with van der Waals surface area (Å²) in [6, 6.07) is 21.9. The maximum atomic E-state index is 13.4. The molecule has 7 nitrogen and oxygen atoms in total. The van der Waals surface area contributed by atoms with E-state index in [1.807, 2.05) is 73.7 Å². The molecule has 2 fully saturated rings. The van der Waals surface area contributed by atoms with Crippen molar-refractivity contribution in [2.24, 2.45) is 0 Å². The number of rotatable bonds is 7. The molecular weight excluding hydrogens is 494 g/mol. The normalized spacial score (nSPS) is 23.6. The predicted molar refractivity (Wildman–Crippen MR) is 145 cm³/mol. The first kappa shape index (κ1) is 25.2. The summed E-state index contributed by atoms with van der Waals surface area (Å²) in [4.78, 5) is 28.3. The Bertz CT molecular complexity index is 1410. The number of aliphatic hydroxyl groups excluding tert-OH is 1. The summed E-state index contributed by atoms with van der Waals surface area (Å²) in [5, 5.41) is 11.5. The number of carbonyl (C=O) groups is 2. The molecule has 7 heteroatoms. The van der Waals surface area contributed by atoms with Gasteiger partial charge in [-0.15, -0.1) is 0 Å². The van der Waals surface area contributed by atoms with Crippen LogP contribution in [0.5, 0.6) is 11.5 Å². The molecule has 1 amide bonds. The minimum absolute atomic E-state index is 0.0528. The van der Waals surface area contributed by atoms with Crippen LogP contribution in [0.2, 0.25) is 0 Å². The molecule has 0 bridgehead atoms. The largest absolute Gasteiger partial charge is 0.507 e. The zero-order chi connectivity index (χ0) is 26.9. The van der Waals surface area contributed by atoms with E-state index in [0.29, 0.717) is 24.5 Å². The Morgan fingerprint density at radius 2 is 1.85 bits per heavy atom. The molecular formula is C32H31NO6. The van der Waals surface area contributed by atoms with Crippen LogP contribution in [0.4, 0.5) is 0 Å². The van der Waals surface area contributed by atoms with E-state index in [1.54, 1.807) is 11.0 Å². The van der Waals surface area contributed by atoms with Crippen LogP contribution in [0.3, 0.4) is 0 Å². The van der Waals surface area contributed by atoms with Crippen molar-refractivity contribution in [3.8, 4) is 11.5 Å². The van der Waals surface area contributed by atoms with E-state index in [1.165, 1.54) is 0 Å². The van der Waals surface area contributed by atoms with Crippen molar-refractivity contribution in [2.45, 2.75) is 51.0 Å². The first-order chi connectivity index (χ1) is 19.0. The molecule has 3 aliphatic heterocycles. The molecule has 3 heterocycles. The topological polar surface area (TPSA) is 85.3 Å². The highest BCUT2D eigenvalue weighted by Gasteiger charge is 2.47. The molecule has 200 valence electrons. The Morgan fingerprint density at radius 1 is 1.05 bits per heavy atom. The number of ether oxygens (including phenoxy) is 3. The van der Waals surface area contributed by atoms with Gasteiger partial charge in [-0.25, -0.2) is 0 Å². The summed E-state index contributed by atoms with van der Waals surface area (Å²) in [5.74, 6) is -0.0449. The van der Waals surface area contributed by atoms with Crippen LogP contribution in [0.25, 0.3) is 5.76 Å². The Morgan fingerprint density at radius 3 is 2.59 bits per heavy atom. The average Bonchev–Trinajstić information content (AvgIpc) is 3.67. The van der Waals surface area contributed by atoms with Crippen molar-refractivity contribution < 1.29 is 28.9 Å². The zero-order valence-electron chi connectivity index (χ0n) is 21.8. The standard InChI is InChI=1S/C32H31NO6/c1-20-16-24-17-23(11-14-27(24)39-20)30(34)28-29(33(32(36)31(28)35)18-26-8-5-15-37-26)22-9-12-25(13-10-22)38-19-21-6-3-2-4-7-21/h2-4,6-7,9-14,17,20,26,29,34H,5,8,15-16,18-19H2,1H3/b30-28-. The smallest absolute Gasteiger partial charge is 0.295 e. The molecule has 2 saturated heterocycles. The lowest BCUT2D eigenvalue weighted by Crippen LogP contribution is -2.36. The van der Waals surface area contributed by atoms with Gasteiger partial charge in [0.15, 0.2) is 0 Å². The first-order valence-electron chi connectivity index (χ1n) is 13.4. The molecule has 3 aromatic rings. The molecule has 3 atom stereocenters. The van der Waals surface area contributed by atoms with E-state index in [0.717, 1.165) is 41.7 Å². The van der Waals surface area contributed by atoms with Gasteiger partial charge in [-0.05, 0) is 66.8 Å². The lowest BCUT2D eigenvalue weighted by molar-refractivity contribution is -0.140. The minimum atomic E-state index is -0.735. The SMILES string of the molecule is CC1Cc2cc(/C(O)=C3/C(=O)C(=O)N(CC4CCCO4)C3c3ccc(OCc4ccccc4)cc3)ccc2O1. The van der Waals surface area contributed by atoms with Crippen LogP contribution < -0.4 is 9.47 Å². The van der Waals surface area contributed by atoms with E-state index in [4.69, 9.17) is 14.2 Å². The number of aliphatic hydroxyl groups is 1. The van der Waals surface area contributed by atoms with Gasteiger partial charge in [-0.3, -0.25) is 9.59 Å². The van der Waals surface area contributed by atoms with Crippen molar-refractivity contribution >= 4 is 17.4 Å². The fraction of sp³-hybridized carbons (Fsp3) is 0.312. The van der Waals surface area contributed by atoms with E-state index in [-0.39, 0.29) is 30.1 Å². The summed E-state index contributed by atoms with van der Waals surface area (Å²) in [7, 11) is 0. The Balaban J connectivity index is 1.34. The molecule has 1 N–H and O–H groups in total. The lowest BCUT2D eigenvalue weighted by Gasteiger charge is -2.27. The number of ketones is 1. The predicted octanol–water partition coefficient (Wildman–Crippen LogP) is 5.19. The quantitative estimate of drug-likeness (QED) is 0.260. The van der Waals surface area contributed by atoms with Crippen LogP contribution in [0, 0.1) is 0 Å². The van der Waals surface area contributed by atoms with Crippen molar-refractivity contribution in [3.05, 3.63) is 101 Å². The van der Waals surface area contributed by atoms with Gasteiger partial charge in [-0.1, -0.05) is 42.5 Å². The van der Waals surface area contributed by atoms with Crippen LogP contribution >= 0.6 is 0 Å². The lowest BCUT2D eigenvalue weighted by atomic mass is 9.94. The van der Waals surface area contributed by atoms with Gasteiger partial charge < -0.3 is 24.2 Å². The van der Waals surface area contributed by atoms with Crippen molar-refractivity contribution in [3.63, 3.8) is 0 Å². The van der Waals surface area contributed by atoms with Gasteiger partial charge in [0.05, 0.1) is 17.7 Å². The van der Waals surface area contributed by atoms with E-state index in [2.05, 4.69) is 0 Å². The maximum absolute atomic E-state index is 13.4. The number of Topliss-reactive ketones (excluding diaryl/α,β-unsaturated/α-hetero) is 1. The summed E-state index contributed by atoms with van der Waals surface area (Å²) < 4.78 is 17.5. The molecule has 0 aromatic heterocycles. The minimum Gasteiger partial charge on any atom is -0.507 e. The van der Waals surface area contributed by atoms with Crippen molar-refractivity contribution in [2.75, 3.05) is 13.2 Å². The summed E-state index contributed by atoms with van der Waals surface area (Å²) in [5.41, 5.74) is 3.33. The Kier molecular flexibility index (Phi) is 6.83. The monoisotopic (exact) mass is 525 g/mol. The fourth-order valence-electron chi connectivity index (χ4n) is 5.63. The molecule has 3 aromatic carbocycles. The average molecular weight is 526 g/mol. The Labute approximate surface area is 227 Å². The van der Waals surface area contributed by atoms with Crippen molar-refractivity contribution in [1.82, 2.24) is 4.90 Å². The number of benzene rings is 3. The van der Waals surface area contributed by atoms with E-state index < -0.39 is 17.7 Å². The number of nitrogens with zero attached hydrogens (tertiary/aromatic N) is 1. The van der Waals surface area contributed by atoms with Crippen LogP contribution in [-0.4, -0.2) is 47.1 Å². The highest BCUT2D eigenvalue weighted by Crippen LogP contribution is 2.41. The second-order valence-corrected chi connectivity index (χ2v) is 10.4. The van der Waals surface area contributed by atoms with Gasteiger partial charge in [0.2, 0.25) is 0 Å². The number of fused-ring (bicyclic) bond motifs is 1. The third kappa shape index (κ3) is 5.02. The summed E-state index contributed by atoms with van der Waals surface area (Å²) in [6.45, 7) is 3.35. The van der Waals surface area contributed by atoms with Crippen LogP contribution in [0.1, 0.15) is 48.1 Å². The second kappa shape index (κ2) is 10.6. The van der Waals surface area contributed by atoms with E-state index >= 15 is 0 Å². The number of hydrogen-bond donors (Lipinski definition) is 1. The Hall–Kier alpha value is -4.10. The molecule has 0 saturated carbocycles. The number of carbonyl (C=O) groups excluding carboxylic acids is 2. The van der Waals surface area contributed by atoms with Crippen molar-refractivity contribution in [1.29, 1.82) is 0 Å². The number of hydrogen-bond acceptors (Lipinski definition) is 6. The molecule has 0 spiro atoms.